The average Bonchev–Trinajstić information content (AvgIpc) is 3.51. The third kappa shape index (κ3) is 5.48. The van der Waals surface area contributed by atoms with Crippen LogP contribution in [0.4, 0.5) is 4.39 Å². The predicted molar refractivity (Wildman–Crippen MR) is 117 cm³/mol. The SMILES string of the molecule is Cc1c(F)cc(C(=O)NC2CC2)cc1-c1ccc(C(=O)NCC(C)(C)C)cc1C(N)=O. The molecule has 0 atom stereocenters. The van der Waals surface area contributed by atoms with E-state index in [0.717, 1.165) is 12.8 Å². The summed E-state index contributed by atoms with van der Waals surface area (Å²) >= 11 is 0. The molecule has 4 N–H and O–H groups in total. The zero-order valence-electron chi connectivity index (χ0n) is 18.3. The topological polar surface area (TPSA) is 101 Å². The number of nitrogens with two attached hydrogens (primary N) is 1. The van der Waals surface area contributed by atoms with Crippen LogP contribution in [-0.2, 0) is 0 Å². The molecule has 1 aliphatic carbocycles. The molecule has 7 heteroatoms. The number of nitrogens with one attached hydrogen (secondary N) is 2. The maximum atomic E-state index is 14.6. The molecule has 0 saturated heterocycles. The lowest BCUT2D eigenvalue weighted by Gasteiger charge is -2.19. The van der Waals surface area contributed by atoms with E-state index in [9.17, 15) is 18.8 Å². The van der Waals surface area contributed by atoms with Crippen molar-refractivity contribution < 1.29 is 18.8 Å². The molecule has 1 saturated carbocycles. The number of benzene rings is 2. The molecule has 0 aliphatic heterocycles. The second kappa shape index (κ2) is 8.49. The van der Waals surface area contributed by atoms with Gasteiger partial charge in [0.2, 0.25) is 5.91 Å². The summed E-state index contributed by atoms with van der Waals surface area (Å²) in [6, 6.07) is 7.41. The van der Waals surface area contributed by atoms with Gasteiger partial charge in [-0.15, -0.1) is 0 Å². The van der Waals surface area contributed by atoms with E-state index in [1.165, 1.54) is 12.1 Å². The summed E-state index contributed by atoms with van der Waals surface area (Å²) in [4.78, 5) is 37.1. The Morgan fingerprint density at radius 1 is 1.03 bits per heavy atom. The number of primary amides is 1. The summed E-state index contributed by atoms with van der Waals surface area (Å²) < 4.78 is 14.6. The first-order valence-corrected chi connectivity index (χ1v) is 10.3. The molecule has 2 aromatic rings. The molecular formula is C24H28FN3O3. The lowest BCUT2D eigenvalue weighted by Crippen LogP contribution is -2.32. The molecule has 0 spiro atoms. The van der Waals surface area contributed by atoms with Crippen LogP contribution in [0.5, 0.6) is 0 Å². The first kappa shape index (κ1) is 22.5. The van der Waals surface area contributed by atoms with E-state index in [-0.39, 0.29) is 45.5 Å². The maximum Gasteiger partial charge on any atom is 0.251 e. The van der Waals surface area contributed by atoms with E-state index in [0.29, 0.717) is 17.7 Å². The molecule has 3 amide bonds. The number of halogens is 1. The van der Waals surface area contributed by atoms with Gasteiger partial charge in [0.15, 0.2) is 0 Å². The number of carbonyl (C=O) groups excluding carboxylic acids is 3. The molecule has 6 nitrogen and oxygen atoms in total. The molecule has 164 valence electrons. The van der Waals surface area contributed by atoms with Crippen molar-refractivity contribution in [3.8, 4) is 11.1 Å². The summed E-state index contributed by atoms with van der Waals surface area (Å²) in [5, 5.41) is 5.66. The maximum absolute atomic E-state index is 14.6. The van der Waals surface area contributed by atoms with Crippen molar-refractivity contribution in [3.05, 3.63) is 58.4 Å². The standard InChI is InChI=1S/C24H28FN3O3/c1-13-18(10-15(11-20(13)25)23(31)28-16-6-7-16)17-8-5-14(9-19(17)21(26)29)22(30)27-12-24(2,3)4/h5,8-11,16H,6-7,12H2,1-4H3,(H2,26,29)(H,27,30)(H,28,31). The zero-order valence-corrected chi connectivity index (χ0v) is 18.3. The van der Waals surface area contributed by atoms with Crippen LogP contribution in [0, 0.1) is 18.2 Å². The van der Waals surface area contributed by atoms with Gasteiger partial charge in [-0.2, -0.15) is 0 Å². The largest absolute Gasteiger partial charge is 0.366 e. The van der Waals surface area contributed by atoms with Crippen LogP contribution in [0.25, 0.3) is 11.1 Å². The Balaban J connectivity index is 2.00. The van der Waals surface area contributed by atoms with Crippen molar-refractivity contribution in [1.29, 1.82) is 0 Å². The van der Waals surface area contributed by atoms with Gasteiger partial charge in [-0.3, -0.25) is 14.4 Å². The van der Waals surface area contributed by atoms with Crippen molar-refractivity contribution >= 4 is 17.7 Å². The van der Waals surface area contributed by atoms with Crippen molar-refractivity contribution in [3.63, 3.8) is 0 Å². The van der Waals surface area contributed by atoms with Gasteiger partial charge in [-0.1, -0.05) is 26.8 Å². The predicted octanol–water partition coefficient (Wildman–Crippen LogP) is 3.57. The lowest BCUT2D eigenvalue weighted by atomic mass is 9.92. The van der Waals surface area contributed by atoms with Crippen LogP contribution in [0.1, 0.15) is 70.3 Å². The molecule has 3 rings (SSSR count). The minimum atomic E-state index is -0.742. The van der Waals surface area contributed by atoms with Gasteiger partial charge in [0.1, 0.15) is 5.82 Å². The van der Waals surface area contributed by atoms with E-state index in [4.69, 9.17) is 5.73 Å². The van der Waals surface area contributed by atoms with Crippen LogP contribution in [0.15, 0.2) is 30.3 Å². The van der Waals surface area contributed by atoms with E-state index in [1.54, 1.807) is 25.1 Å². The summed E-state index contributed by atoms with van der Waals surface area (Å²) in [6.45, 7) is 8.02. The molecule has 1 aliphatic rings. The first-order chi connectivity index (χ1) is 14.5. The lowest BCUT2D eigenvalue weighted by molar-refractivity contribution is 0.0935. The summed E-state index contributed by atoms with van der Waals surface area (Å²) in [5.74, 6) is -1.99. The summed E-state index contributed by atoms with van der Waals surface area (Å²) in [5.41, 5.74) is 7.07. The smallest absolute Gasteiger partial charge is 0.251 e. The fourth-order valence-electron chi connectivity index (χ4n) is 3.16. The van der Waals surface area contributed by atoms with Crippen LogP contribution < -0.4 is 16.4 Å². The minimum Gasteiger partial charge on any atom is -0.366 e. The van der Waals surface area contributed by atoms with E-state index in [1.807, 2.05) is 20.8 Å². The molecule has 0 heterocycles. The minimum absolute atomic E-state index is 0.0886. The van der Waals surface area contributed by atoms with Gasteiger partial charge in [-0.05, 0) is 66.1 Å². The number of hydrogen-bond donors (Lipinski definition) is 3. The number of amides is 3. The summed E-state index contributed by atoms with van der Waals surface area (Å²) in [6.07, 6.45) is 1.83. The van der Waals surface area contributed by atoms with Crippen LogP contribution in [0.3, 0.4) is 0 Å². The van der Waals surface area contributed by atoms with Gasteiger partial charge < -0.3 is 16.4 Å². The molecule has 2 aromatic carbocycles. The van der Waals surface area contributed by atoms with Crippen molar-refractivity contribution in [2.24, 2.45) is 11.1 Å². The average molecular weight is 426 g/mol. The summed E-state index contributed by atoms with van der Waals surface area (Å²) in [7, 11) is 0. The quantitative estimate of drug-likeness (QED) is 0.659. The van der Waals surface area contributed by atoms with E-state index >= 15 is 0 Å². The van der Waals surface area contributed by atoms with Crippen molar-refractivity contribution in [2.75, 3.05) is 6.54 Å². The highest BCUT2D eigenvalue weighted by atomic mass is 19.1. The highest BCUT2D eigenvalue weighted by molar-refractivity contribution is 6.05. The van der Waals surface area contributed by atoms with Gasteiger partial charge in [-0.25, -0.2) is 4.39 Å². The van der Waals surface area contributed by atoms with E-state index < -0.39 is 11.7 Å². The second-order valence-electron chi connectivity index (χ2n) is 9.25. The second-order valence-corrected chi connectivity index (χ2v) is 9.25. The van der Waals surface area contributed by atoms with Gasteiger partial charge >= 0.3 is 0 Å². The zero-order chi connectivity index (χ0) is 22.9. The highest BCUT2D eigenvalue weighted by Gasteiger charge is 2.25. The van der Waals surface area contributed by atoms with E-state index in [2.05, 4.69) is 10.6 Å². The molecule has 0 aromatic heterocycles. The van der Waals surface area contributed by atoms with Crippen LogP contribution >= 0.6 is 0 Å². The van der Waals surface area contributed by atoms with Crippen molar-refractivity contribution in [2.45, 2.75) is 46.6 Å². The Morgan fingerprint density at radius 2 is 1.71 bits per heavy atom. The Labute approximate surface area is 181 Å². The van der Waals surface area contributed by atoms with Gasteiger partial charge in [0.05, 0.1) is 0 Å². The first-order valence-electron chi connectivity index (χ1n) is 10.3. The van der Waals surface area contributed by atoms with Gasteiger partial charge in [0, 0.05) is 29.3 Å². The Morgan fingerprint density at radius 3 is 2.29 bits per heavy atom. The Bertz CT molecular complexity index is 1050. The highest BCUT2D eigenvalue weighted by Crippen LogP contribution is 2.31. The van der Waals surface area contributed by atoms with Crippen LogP contribution in [-0.4, -0.2) is 30.3 Å². The Hall–Kier alpha value is -3.22. The fourth-order valence-corrected chi connectivity index (χ4v) is 3.16. The third-order valence-corrected chi connectivity index (χ3v) is 5.14. The molecule has 0 radical (unpaired) electrons. The molecule has 0 bridgehead atoms. The number of rotatable bonds is 6. The molecular weight excluding hydrogens is 397 g/mol. The molecule has 31 heavy (non-hydrogen) atoms. The van der Waals surface area contributed by atoms with Crippen molar-refractivity contribution in [1.82, 2.24) is 10.6 Å². The van der Waals surface area contributed by atoms with Crippen LogP contribution in [0.2, 0.25) is 0 Å². The monoisotopic (exact) mass is 425 g/mol. The molecule has 0 unspecified atom stereocenters. The normalized spacial score (nSPS) is 13.6. The number of hydrogen-bond acceptors (Lipinski definition) is 3. The molecule has 1 fully saturated rings. The third-order valence-electron chi connectivity index (χ3n) is 5.14. The van der Waals surface area contributed by atoms with Gasteiger partial charge in [0.25, 0.3) is 11.8 Å². The fraction of sp³-hybridized carbons (Fsp3) is 0.375. The number of carbonyl (C=O) groups is 3. The Kier molecular flexibility index (Phi) is 6.15.